The van der Waals surface area contributed by atoms with Gasteiger partial charge in [-0.25, -0.2) is 0 Å². The number of likely N-dealkylation sites (tertiary alicyclic amines) is 1. The summed E-state index contributed by atoms with van der Waals surface area (Å²) in [4.78, 5) is 40.4. The highest BCUT2D eigenvalue weighted by Gasteiger charge is 2.37. The van der Waals surface area contributed by atoms with Crippen molar-refractivity contribution in [1.29, 1.82) is 0 Å². The number of benzene rings is 2. The van der Waals surface area contributed by atoms with Gasteiger partial charge in [-0.2, -0.15) is 0 Å². The molecular formula is C22H22ClN3O3S. The SMILES string of the molecule is O=C(NCc1ccc(Cl)cc1)C1CCN(C(=O)C2Sc3ccccc3NC2=O)CC1. The number of hydrogen-bond acceptors (Lipinski definition) is 4. The van der Waals surface area contributed by atoms with Crippen molar-refractivity contribution in [2.75, 3.05) is 18.4 Å². The van der Waals surface area contributed by atoms with E-state index in [2.05, 4.69) is 10.6 Å². The lowest BCUT2D eigenvalue weighted by Gasteiger charge is -2.34. The fraction of sp³-hybridized carbons (Fsp3) is 0.318. The Hall–Kier alpha value is -2.51. The number of carbonyl (C=O) groups excluding carboxylic acids is 3. The summed E-state index contributed by atoms with van der Waals surface area (Å²) in [6.07, 6.45) is 1.18. The van der Waals surface area contributed by atoms with Crippen molar-refractivity contribution in [1.82, 2.24) is 10.2 Å². The van der Waals surface area contributed by atoms with E-state index in [0.29, 0.717) is 37.5 Å². The maximum atomic E-state index is 12.9. The minimum absolute atomic E-state index is 0.00393. The molecule has 0 spiro atoms. The van der Waals surface area contributed by atoms with Gasteiger partial charge < -0.3 is 15.5 Å². The lowest BCUT2D eigenvalue weighted by molar-refractivity contribution is -0.137. The predicted octanol–water partition coefficient (Wildman–Crippen LogP) is 3.31. The van der Waals surface area contributed by atoms with E-state index >= 15 is 0 Å². The van der Waals surface area contributed by atoms with Gasteiger partial charge >= 0.3 is 0 Å². The molecule has 6 nitrogen and oxygen atoms in total. The van der Waals surface area contributed by atoms with Crippen LogP contribution in [0.4, 0.5) is 5.69 Å². The van der Waals surface area contributed by atoms with Crippen LogP contribution < -0.4 is 10.6 Å². The number of fused-ring (bicyclic) bond motifs is 1. The molecule has 1 atom stereocenters. The fourth-order valence-corrected chi connectivity index (χ4v) is 4.88. The van der Waals surface area contributed by atoms with E-state index in [-0.39, 0.29) is 23.6 Å². The minimum Gasteiger partial charge on any atom is -0.352 e. The first-order chi connectivity index (χ1) is 14.5. The molecule has 3 amide bonds. The van der Waals surface area contributed by atoms with Crippen LogP contribution >= 0.6 is 23.4 Å². The van der Waals surface area contributed by atoms with Gasteiger partial charge in [-0.15, -0.1) is 11.8 Å². The Morgan fingerprint density at radius 3 is 2.53 bits per heavy atom. The maximum Gasteiger partial charge on any atom is 0.247 e. The molecule has 0 aromatic heterocycles. The molecule has 2 aromatic carbocycles. The van der Waals surface area contributed by atoms with E-state index in [1.54, 1.807) is 17.0 Å². The molecule has 2 aromatic rings. The Balaban J connectivity index is 1.28. The van der Waals surface area contributed by atoms with Gasteiger partial charge in [-0.05, 0) is 42.7 Å². The van der Waals surface area contributed by atoms with Gasteiger partial charge in [0.05, 0.1) is 5.69 Å². The fourth-order valence-electron chi connectivity index (χ4n) is 3.68. The molecule has 2 heterocycles. The van der Waals surface area contributed by atoms with Crippen molar-refractivity contribution in [2.45, 2.75) is 29.5 Å². The summed E-state index contributed by atoms with van der Waals surface area (Å²) >= 11 is 7.17. The smallest absolute Gasteiger partial charge is 0.247 e. The van der Waals surface area contributed by atoms with E-state index < -0.39 is 5.25 Å². The van der Waals surface area contributed by atoms with E-state index in [4.69, 9.17) is 11.6 Å². The molecule has 0 saturated carbocycles. The van der Waals surface area contributed by atoms with Crippen LogP contribution in [0.5, 0.6) is 0 Å². The Kier molecular flexibility index (Phi) is 6.29. The summed E-state index contributed by atoms with van der Waals surface area (Å²) in [6.45, 7) is 1.40. The zero-order chi connectivity index (χ0) is 21.1. The number of rotatable bonds is 4. The molecule has 2 N–H and O–H groups in total. The Labute approximate surface area is 184 Å². The molecule has 0 aliphatic carbocycles. The molecule has 1 unspecified atom stereocenters. The lowest BCUT2D eigenvalue weighted by Crippen LogP contribution is -2.49. The van der Waals surface area contributed by atoms with Gasteiger partial charge in [0.25, 0.3) is 0 Å². The summed E-state index contributed by atoms with van der Waals surface area (Å²) < 4.78 is 0. The van der Waals surface area contributed by atoms with Crippen molar-refractivity contribution in [3.8, 4) is 0 Å². The summed E-state index contributed by atoms with van der Waals surface area (Å²) in [7, 11) is 0. The average molecular weight is 444 g/mol. The number of thioether (sulfide) groups is 1. The third-order valence-corrected chi connectivity index (χ3v) is 6.92. The number of piperidine rings is 1. The third kappa shape index (κ3) is 4.63. The highest BCUT2D eigenvalue weighted by molar-refractivity contribution is 8.01. The zero-order valence-corrected chi connectivity index (χ0v) is 17.8. The Morgan fingerprint density at radius 1 is 1.10 bits per heavy atom. The molecule has 2 aliphatic rings. The van der Waals surface area contributed by atoms with Gasteiger partial charge in [-0.1, -0.05) is 35.9 Å². The monoisotopic (exact) mass is 443 g/mol. The van der Waals surface area contributed by atoms with E-state index in [9.17, 15) is 14.4 Å². The van der Waals surface area contributed by atoms with Crippen LogP contribution in [0, 0.1) is 5.92 Å². The number of nitrogens with one attached hydrogen (secondary N) is 2. The van der Waals surface area contributed by atoms with Crippen molar-refractivity contribution in [2.24, 2.45) is 5.92 Å². The lowest BCUT2D eigenvalue weighted by atomic mass is 9.95. The summed E-state index contributed by atoms with van der Waals surface area (Å²) in [5.74, 6) is -0.607. The quantitative estimate of drug-likeness (QED) is 0.710. The first-order valence-corrected chi connectivity index (χ1v) is 11.1. The maximum absolute atomic E-state index is 12.9. The third-order valence-electron chi connectivity index (χ3n) is 5.41. The van der Waals surface area contributed by atoms with Gasteiger partial charge in [0.15, 0.2) is 5.25 Å². The second-order valence-electron chi connectivity index (χ2n) is 7.43. The predicted molar refractivity (Wildman–Crippen MR) is 117 cm³/mol. The molecule has 30 heavy (non-hydrogen) atoms. The minimum atomic E-state index is -0.782. The van der Waals surface area contributed by atoms with Gasteiger partial charge in [0, 0.05) is 35.5 Å². The van der Waals surface area contributed by atoms with E-state index in [1.165, 1.54) is 11.8 Å². The highest BCUT2D eigenvalue weighted by atomic mass is 35.5. The molecular weight excluding hydrogens is 422 g/mol. The molecule has 1 fully saturated rings. The number of hydrogen-bond donors (Lipinski definition) is 2. The van der Waals surface area contributed by atoms with Gasteiger partial charge in [-0.3, -0.25) is 14.4 Å². The summed E-state index contributed by atoms with van der Waals surface area (Å²) in [5, 5.41) is 5.65. The van der Waals surface area contributed by atoms with Crippen LogP contribution in [-0.2, 0) is 20.9 Å². The zero-order valence-electron chi connectivity index (χ0n) is 16.3. The van der Waals surface area contributed by atoms with Crippen LogP contribution in [0.15, 0.2) is 53.4 Å². The van der Waals surface area contributed by atoms with Crippen LogP contribution in [0.1, 0.15) is 18.4 Å². The molecule has 4 rings (SSSR count). The summed E-state index contributed by atoms with van der Waals surface area (Å²) in [5.41, 5.74) is 1.73. The number of amides is 3. The second-order valence-corrected chi connectivity index (χ2v) is 9.01. The number of anilines is 1. The number of para-hydroxylation sites is 1. The molecule has 8 heteroatoms. The van der Waals surface area contributed by atoms with Crippen molar-refractivity contribution in [3.05, 3.63) is 59.1 Å². The topological polar surface area (TPSA) is 78.5 Å². The molecule has 0 radical (unpaired) electrons. The average Bonchev–Trinajstić information content (AvgIpc) is 2.77. The molecule has 156 valence electrons. The largest absolute Gasteiger partial charge is 0.352 e. The van der Waals surface area contributed by atoms with Crippen LogP contribution in [0.3, 0.4) is 0 Å². The number of halogens is 1. The summed E-state index contributed by atoms with van der Waals surface area (Å²) in [6, 6.07) is 14.8. The Bertz CT molecular complexity index is 958. The van der Waals surface area contributed by atoms with Crippen molar-refractivity contribution < 1.29 is 14.4 Å². The normalized spacial score (nSPS) is 19.0. The van der Waals surface area contributed by atoms with Crippen molar-refractivity contribution >= 4 is 46.8 Å². The van der Waals surface area contributed by atoms with Gasteiger partial charge in [0.2, 0.25) is 17.7 Å². The second kappa shape index (κ2) is 9.10. The van der Waals surface area contributed by atoms with Gasteiger partial charge in [0.1, 0.15) is 0 Å². The van der Waals surface area contributed by atoms with E-state index in [0.717, 1.165) is 16.1 Å². The van der Waals surface area contributed by atoms with Crippen molar-refractivity contribution in [3.63, 3.8) is 0 Å². The number of nitrogens with zero attached hydrogens (tertiary/aromatic N) is 1. The van der Waals surface area contributed by atoms with E-state index in [1.807, 2.05) is 36.4 Å². The molecule has 2 aliphatic heterocycles. The first kappa shape index (κ1) is 20.8. The standard InChI is InChI=1S/C22H22ClN3O3S/c23-16-7-5-14(6-8-16)13-24-20(27)15-9-11-26(12-10-15)22(29)19-21(28)25-17-3-1-2-4-18(17)30-19/h1-8,15,19H,9-13H2,(H,24,27)(H,25,28). The van der Waals surface area contributed by atoms with Crippen LogP contribution in [0.25, 0.3) is 0 Å². The highest BCUT2D eigenvalue weighted by Crippen LogP contribution is 2.36. The molecule has 0 bridgehead atoms. The number of carbonyl (C=O) groups is 3. The molecule has 1 saturated heterocycles. The first-order valence-electron chi connectivity index (χ1n) is 9.89. The Morgan fingerprint density at radius 2 is 1.80 bits per heavy atom. The van der Waals surface area contributed by atoms with Crippen LogP contribution in [-0.4, -0.2) is 41.0 Å². The van der Waals surface area contributed by atoms with Crippen LogP contribution in [0.2, 0.25) is 5.02 Å².